The van der Waals surface area contributed by atoms with Gasteiger partial charge in [-0.1, -0.05) is 74.4 Å². The molecule has 0 bridgehead atoms. The van der Waals surface area contributed by atoms with Crippen molar-refractivity contribution in [3.63, 3.8) is 0 Å². The summed E-state index contributed by atoms with van der Waals surface area (Å²) in [6.45, 7) is 20.9. The average molecular weight is 1020 g/mol. The maximum absolute atomic E-state index is 17.6. The number of ether oxygens (including phenoxy) is 1. The molecule has 29 aromatic rings. The fourth-order valence-corrected chi connectivity index (χ4v) is 26.7. The Labute approximate surface area is 455 Å². The van der Waals surface area contributed by atoms with Gasteiger partial charge < -0.3 is 4.74 Å². The highest BCUT2D eigenvalue weighted by Crippen LogP contribution is 2.90. The Morgan fingerprint density at radius 1 is 0.268 bits per heavy atom. The Hall–Kier alpha value is -9.05. The molecule has 0 radical (unpaired) electrons. The van der Waals surface area contributed by atoms with Crippen LogP contribution in [0.4, 0.5) is 4.79 Å². The molecule has 82 heavy (non-hydrogen) atoms. The van der Waals surface area contributed by atoms with Crippen LogP contribution in [0.25, 0.3) is 291 Å². The monoisotopic (exact) mass is 1020 g/mol. The summed E-state index contributed by atoms with van der Waals surface area (Å²) in [6.07, 6.45) is -0.172. The lowest BCUT2D eigenvalue weighted by Crippen LogP contribution is -2.28. The van der Waals surface area contributed by atoms with Crippen LogP contribution in [-0.4, -0.2) is 11.0 Å². The van der Waals surface area contributed by atoms with E-state index >= 15 is 4.79 Å². The van der Waals surface area contributed by atoms with E-state index in [1.54, 1.807) is 205 Å². The van der Waals surface area contributed by atoms with Crippen LogP contribution in [0.3, 0.4) is 0 Å². The van der Waals surface area contributed by atoms with E-state index < -0.39 is 11.1 Å². The van der Waals surface area contributed by atoms with Crippen LogP contribution in [-0.2, 0) is 27.3 Å². The van der Waals surface area contributed by atoms with Gasteiger partial charge in [-0.3, -0.25) is 4.90 Å². The van der Waals surface area contributed by atoms with Crippen molar-refractivity contribution in [3.05, 3.63) is 51.1 Å². The molecule has 1 heterocycles. The van der Waals surface area contributed by atoms with Gasteiger partial charge in [0, 0.05) is 33.4 Å². The van der Waals surface area contributed by atoms with Crippen molar-refractivity contribution < 1.29 is 9.53 Å². The summed E-state index contributed by atoms with van der Waals surface area (Å²) < 4.78 is 7.75. The molecular formula is C79H29NO2. The number of hydrogen-bond acceptors (Lipinski definition) is 2. The van der Waals surface area contributed by atoms with E-state index in [9.17, 15) is 0 Å². The van der Waals surface area contributed by atoms with Crippen molar-refractivity contribution in [2.75, 3.05) is 0 Å². The van der Waals surface area contributed by atoms with Crippen molar-refractivity contribution in [2.24, 2.45) is 0 Å². The minimum absolute atomic E-state index is 0.0936. The molecule has 4 aliphatic carbocycles. The molecule has 0 aromatic heterocycles. The molecule has 1 aliphatic heterocycles. The Morgan fingerprint density at radius 3 is 0.573 bits per heavy atom. The third kappa shape index (κ3) is 2.01. The Morgan fingerprint density at radius 2 is 0.427 bits per heavy atom. The summed E-state index contributed by atoms with van der Waals surface area (Å²) >= 11 is 0. The number of nitrogens with zero attached hydrogens (tertiary/aromatic N) is 1. The van der Waals surface area contributed by atoms with Crippen molar-refractivity contribution in [1.82, 2.24) is 4.90 Å². The van der Waals surface area contributed by atoms with Gasteiger partial charge in [-0.05, 0) is 313 Å². The van der Waals surface area contributed by atoms with E-state index in [4.69, 9.17) is 4.74 Å². The first-order chi connectivity index (χ1) is 39.7. The van der Waals surface area contributed by atoms with Gasteiger partial charge in [0.25, 0.3) is 0 Å². The number of rotatable bonds is 1. The molecular weight excluding hydrogens is 995 g/mol. The summed E-state index contributed by atoms with van der Waals surface area (Å²) in [5.41, 5.74) is 7.14. The van der Waals surface area contributed by atoms with Crippen molar-refractivity contribution >= 4 is 297 Å². The first-order valence-corrected chi connectivity index (χ1v) is 30.7. The highest BCUT2D eigenvalue weighted by molar-refractivity contribution is 6.82. The highest BCUT2D eigenvalue weighted by Gasteiger charge is 2.88. The lowest BCUT2D eigenvalue weighted by Gasteiger charge is -2.32. The second-order valence-corrected chi connectivity index (χ2v) is 32.5. The summed E-state index contributed by atoms with van der Waals surface area (Å²) in [4.78, 5) is 20.1. The largest absolute Gasteiger partial charge is 0.417 e. The van der Waals surface area contributed by atoms with Crippen LogP contribution in [0.5, 0.6) is 5.75 Å². The smallest absolute Gasteiger partial charge is 0.410 e. The van der Waals surface area contributed by atoms with E-state index in [1.807, 2.05) is 0 Å². The van der Waals surface area contributed by atoms with Gasteiger partial charge in [-0.2, -0.15) is 0 Å². The van der Waals surface area contributed by atoms with Gasteiger partial charge in [0.1, 0.15) is 16.8 Å². The van der Waals surface area contributed by atoms with E-state index in [-0.39, 0.29) is 22.3 Å². The maximum atomic E-state index is 17.6. The number of hydrogen-bond donors (Lipinski definition) is 0. The Kier molecular flexibility index (Phi) is 3.25. The van der Waals surface area contributed by atoms with Gasteiger partial charge in [-0.15, -0.1) is 0 Å². The number of benzene rings is 19. The van der Waals surface area contributed by atoms with Crippen molar-refractivity contribution in [1.29, 1.82) is 0 Å². The molecule has 3 nitrogen and oxygen atoms in total. The Balaban J connectivity index is 0.954. The quantitative estimate of drug-likeness (QED) is 0.121. The first kappa shape index (κ1) is 34.3. The topological polar surface area (TPSA) is 29.3 Å². The average Bonchev–Trinajstić information content (AvgIpc) is 1.37. The predicted molar refractivity (Wildman–Crippen MR) is 344 cm³/mol. The molecule has 362 valence electrons. The second kappa shape index (κ2) is 7.77. The standard InChI is InChI=1S/C79H29NO2/c1-75(2,3)12-10-13(76(4,5)6)73(14(11-12)77(7,8)9)82-74(81)80-78-69-61-53-43-33-25-17-15-16-19-23-21(17)29-37-31(23)41-35-27(19)28-20(16)24-22-18(15)26(25)34-40-30(22)38-32(24)42-36(28)46-45(35)55-49(41)59-51(37)57(47(53)39(29)33)65(69)67(59)71-63(55)64-56(46)50(42)60-52(38)58-48(40)54(44(34)43)62(61)70(78)66(58)68(60)72(64)79(71,78)80/h10-11H,1-9H3. The second-order valence-electron chi connectivity index (χ2n) is 32.5. The molecule has 0 saturated carbocycles. The zero-order valence-corrected chi connectivity index (χ0v) is 45.4. The van der Waals surface area contributed by atoms with E-state index in [1.165, 1.54) is 114 Å². The number of carbonyl (C=O) groups excluding carboxylic acids is 1. The van der Waals surface area contributed by atoms with E-state index in [0.29, 0.717) is 0 Å². The molecule has 0 atom stereocenters. The fraction of sp³-hybridized carbons (Fsp3) is 0.177. The minimum Gasteiger partial charge on any atom is -0.410 e. The molecule has 1 saturated heterocycles. The fourth-order valence-electron chi connectivity index (χ4n) is 26.7. The maximum Gasteiger partial charge on any atom is 0.417 e. The predicted octanol–water partition coefficient (Wildman–Crippen LogP) is 21.6. The minimum atomic E-state index is -0.787. The molecule has 1 amide bonds. The molecule has 0 unspecified atom stereocenters. The van der Waals surface area contributed by atoms with Gasteiger partial charge in [0.05, 0.1) is 0 Å². The van der Waals surface area contributed by atoms with Crippen LogP contribution in [0.15, 0.2) is 12.1 Å². The van der Waals surface area contributed by atoms with Crippen molar-refractivity contribution in [3.8, 4) is 5.75 Å². The first-order valence-electron chi connectivity index (χ1n) is 30.7. The number of amides is 1. The Bertz CT molecular complexity index is 7350. The third-order valence-electron chi connectivity index (χ3n) is 27.8. The molecule has 29 aromatic carbocycles. The van der Waals surface area contributed by atoms with Gasteiger partial charge >= 0.3 is 6.09 Å². The zero-order valence-electron chi connectivity index (χ0n) is 45.4. The van der Waals surface area contributed by atoms with Gasteiger partial charge in [0.2, 0.25) is 0 Å². The van der Waals surface area contributed by atoms with Gasteiger partial charge in [-0.25, -0.2) is 4.79 Å². The number of carbonyl (C=O) groups is 1. The lowest BCUT2D eigenvalue weighted by molar-refractivity contribution is 0.174. The molecule has 34 rings (SSSR count). The normalized spacial score (nSPS) is 21.4. The zero-order chi connectivity index (χ0) is 51.6. The summed E-state index contributed by atoms with van der Waals surface area (Å²) in [7, 11) is 0. The van der Waals surface area contributed by atoms with Crippen LogP contribution >= 0.6 is 0 Å². The van der Waals surface area contributed by atoms with E-state index in [0.717, 1.165) is 16.9 Å². The molecule has 3 heteroatoms. The summed E-state index contributed by atoms with van der Waals surface area (Å²) in [5.74, 6) is 0.770. The summed E-state index contributed by atoms with van der Waals surface area (Å²) in [5, 5.41) is 84.5. The van der Waals surface area contributed by atoms with Crippen LogP contribution < -0.4 is 4.74 Å². The molecule has 0 N–H and O–H groups in total. The van der Waals surface area contributed by atoms with Crippen LogP contribution in [0, 0.1) is 0 Å². The van der Waals surface area contributed by atoms with E-state index in [2.05, 4.69) is 79.3 Å². The van der Waals surface area contributed by atoms with Gasteiger partial charge in [0.15, 0.2) is 0 Å². The molecule has 5 aliphatic rings. The van der Waals surface area contributed by atoms with Crippen molar-refractivity contribution in [2.45, 2.75) is 89.6 Å². The molecule has 2 spiro atoms. The van der Waals surface area contributed by atoms with Crippen LogP contribution in [0.2, 0.25) is 0 Å². The SMILES string of the molecule is CC(C)(C)c1cc(C(C)(C)C)c(OC(=O)N2C34c5c6c7c8c9c%10c(c%11c%12c3c3c5c5c%13c6c6c7c7c9c9c%14c%10c%10c%11c%11c%12c%12c3c3c5c5c%13c%13c6c6c7c9c7c9c%14c%10c%10c%11c%11c%12c3c3c5c5c%13c6c7c6c9c%10c%11c3c56)C824)c(C(C)(C)C)c1. The highest BCUT2D eigenvalue weighted by atomic mass is 16.6. The summed E-state index contributed by atoms with van der Waals surface area (Å²) in [6, 6.07) is 4.79. The third-order valence-corrected chi connectivity index (χ3v) is 27.8. The van der Waals surface area contributed by atoms with Crippen LogP contribution in [0.1, 0.15) is 101 Å². The lowest BCUT2D eigenvalue weighted by atomic mass is 9.68. The molecule has 1 fully saturated rings.